The van der Waals surface area contributed by atoms with Crippen molar-refractivity contribution in [2.24, 2.45) is 7.05 Å². The molecule has 28 heavy (non-hydrogen) atoms. The number of anilines is 1. The number of aromatic amines is 1. The second-order valence-corrected chi connectivity index (χ2v) is 7.22. The van der Waals surface area contributed by atoms with Crippen molar-refractivity contribution >= 4 is 11.6 Å². The molecule has 2 heterocycles. The summed E-state index contributed by atoms with van der Waals surface area (Å²) in [6, 6.07) is 10.1. The summed E-state index contributed by atoms with van der Waals surface area (Å²) in [7, 11) is 5.93. The Morgan fingerprint density at radius 1 is 1.18 bits per heavy atom. The highest BCUT2D eigenvalue weighted by Crippen LogP contribution is 2.25. The molecule has 1 aromatic carbocycles. The van der Waals surface area contributed by atoms with E-state index in [4.69, 9.17) is 0 Å². The summed E-state index contributed by atoms with van der Waals surface area (Å²) < 4.78 is 1.83. The van der Waals surface area contributed by atoms with Crippen LogP contribution in [0.2, 0.25) is 0 Å². The molecule has 0 aliphatic carbocycles. The number of hydrogen-bond acceptors (Lipinski definition) is 4. The van der Waals surface area contributed by atoms with Crippen LogP contribution < -0.4 is 4.90 Å². The molecule has 0 aliphatic rings. The van der Waals surface area contributed by atoms with Crippen molar-refractivity contribution in [1.82, 2.24) is 24.9 Å². The molecular formula is C21H28N6O. The van der Waals surface area contributed by atoms with Gasteiger partial charge in [-0.05, 0) is 44.5 Å². The lowest BCUT2D eigenvalue weighted by Gasteiger charge is -2.21. The Bertz CT molecular complexity index is 967. The number of nitrogens with one attached hydrogen (secondary N) is 1. The SMILES string of the molecule is CCN(Cc1ccc(N(C)C)cc1)C(=O)c1cc(-c2c(C)nn(C)c2C)n[nH]1. The predicted octanol–water partition coefficient (Wildman–Crippen LogP) is 3.16. The lowest BCUT2D eigenvalue weighted by atomic mass is 10.1. The molecular weight excluding hydrogens is 352 g/mol. The number of aromatic nitrogens is 4. The molecule has 0 spiro atoms. The van der Waals surface area contributed by atoms with Gasteiger partial charge in [0.25, 0.3) is 5.91 Å². The van der Waals surface area contributed by atoms with Gasteiger partial charge in [-0.1, -0.05) is 12.1 Å². The van der Waals surface area contributed by atoms with Crippen molar-refractivity contribution in [2.45, 2.75) is 27.3 Å². The van der Waals surface area contributed by atoms with Crippen LogP contribution in [0.25, 0.3) is 11.3 Å². The van der Waals surface area contributed by atoms with Crippen LogP contribution >= 0.6 is 0 Å². The minimum Gasteiger partial charge on any atom is -0.378 e. The van der Waals surface area contributed by atoms with Gasteiger partial charge in [0.1, 0.15) is 5.69 Å². The van der Waals surface area contributed by atoms with Gasteiger partial charge in [-0.25, -0.2) is 0 Å². The number of carbonyl (C=O) groups is 1. The Hall–Kier alpha value is -3.09. The zero-order valence-electron chi connectivity index (χ0n) is 17.4. The van der Waals surface area contributed by atoms with E-state index in [0.29, 0.717) is 18.8 Å². The third-order valence-electron chi connectivity index (χ3n) is 5.07. The number of rotatable bonds is 6. The summed E-state index contributed by atoms with van der Waals surface area (Å²) in [5, 5.41) is 11.7. The smallest absolute Gasteiger partial charge is 0.272 e. The summed E-state index contributed by atoms with van der Waals surface area (Å²) in [6.07, 6.45) is 0. The first-order chi connectivity index (χ1) is 13.3. The van der Waals surface area contributed by atoms with E-state index in [9.17, 15) is 4.79 Å². The molecule has 0 unspecified atom stereocenters. The molecule has 0 fully saturated rings. The van der Waals surface area contributed by atoms with Crippen LogP contribution in [0.4, 0.5) is 5.69 Å². The largest absolute Gasteiger partial charge is 0.378 e. The maximum atomic E-state index is 13.0. The van der Waals surface area contributed by atoms with Gasteiger partial charge in [0, 0.05) is 51.2 Å². The Kier molecular flexibility index (Phi) is 5.53. The topological polar surface area (TPSA) is 70.0 Å². The van der Waals surface area contributed by atoms with Crippen LogP contribution in [0.1, 0.15) is 34.4 Å². The van der Waals surface area contributed by atoms with Crippen molar-refractivity contribution in [2.75, 3.05) is 25.5 Å². The highest BCUT2D eigenvalue weighted by molar-refractivity contribution is 5.93. The van der Waals surface area contributed by atoms with Crippen LogP contribution in [0.5, 0.6) is 0 Å². The molecule has 2 aromatic heterocycles. The third kappa shape index (κ3) is 3.78. The molecule has 7 heteroatoms. The molecule has 1 amide bonds. The highest BCUT2D eigenvalue weighted by atomic mass is 16.2. The van der Waals surface area contributed by atoms with Crippen LogP contribution in [0.15, 0.2) is 30.3 Å². The number of amides is 1. The Morgan fingerprint density at radius 2 is 1.86 bits per heavy atom. The lowest BCUT2D eigenvalue weighted by Crippen LogP contribution is -2.30. The maximum absolute atomic E-state index is 13.0. The second kappa shape index (κ2) is 7.88. The van der Waals surface area contributed by atoms with E-state index in [1.54, 1.807) is 0 Å². The van der Waals surface area contributed by atoms with Crippen molar-refractivity contribution in [3.8, 4) is 11.3 Å². The maximum Gasteiger partial charge on any atom is 0.272 e. The molecule has 0 radical (unpaired) electrons. The fourth-order valence-corrected chi connectivity index (χ4v) is 3.32. The summed E-state index contributed by atoms with van der Waals surface area (Å²) in [4.78, 5) is 16.9. The van der Waals surface area contributed by atoms with E-state index >= 15 is 0 Å². The van der Waals surface area contributed by atoms with E-state index in [0.717, 1.165) is 33.9 Å². The van der Waals surface area contributed by atoms with E-state index in [1.807, 2.05) is 57.6 Å². The highest BCUT2D eigenvalue weighted by Gasteiger charge is 2.20. The summed E-state index contributed by atoms with van der Waals surface area (Å²) in [6.45, 7) is 7.12. The quantitative estimate of drug-likeness (QED) is 0.713. The summed E-state index contributed by atoms with van der Waals surface area (Å²) in [5.41, 5.74) is 6.37. The lowest BCUT2D eigenvalue weighted by molar-refractivity contribution is 0.0746. The number of aryl methyl sites for hydroxylation is 2. The monoisotopic (exact) mass is 380 g/mol. The molecule has 7 nitrogen and oxygen atoms in total. The minimum absolute atomic E-state index is 0.0582. The average molecular weight is 380 g/mol. The molecule has 0 bridgehead atoms. The van der Waals surface area contributed by atoms with Gasteiger partial charge in [0.2, 0.25) is 0 Å². The molecule has 0 saturated carbocycles. The molecule has 3 rings (SSSR count). The van der Waals surface area contributed by atoms with Gasteiger partial charge < -0.3 is 9.80 Å². The van der Waals surface area contributed by atoms with Gasteiger partial charge in [-0.3, -0.25) is 14.6 Å². The van der Waals surface area contributed by atoms with Crippen molar-refractivity contribution < 1.29 is 4.79 Å². The number of benzene rings is 1. The Morgan fingerprint density at radius 3 is 2.39 bits per heavy atom. The predicted molar refractivity (Wildman–Crippen MR) is 111 cm³/mol. The standard InChI is InChI=1S/C21H28N6O/c1-7-27(13-16-8-10-17(11-9-16)25(4)5)21(28)19-12-18(22-23-19)20-14(2)24-26(6)15(20)3/h8-12H,7,13H2,1-6H3,(H,22,23). The Labute approximate surface area is 166 Å². The molecule has 0 atom stereocenters. The Balaban J connectivity index is 1.79. The zero-order valence-corrected chi connectivity index (χ0v) is 17.4. The van der Waals surface area contributed by atoms with E-state index in [-0.39, 0.29) is 5.91 Å². The number of hydrogen-bond donors (Lipinski definition) is 1. The molecule has 148 valence electrons. The van der Waals surface area contributed by atoms with Gasteiger partial charge in [0.15, 0.2) is 0 Å². The number of H-pyrrole nitrogens is 1. The van der Waals surface area contributed by atoms with Gasteiger partial charge in [0.05, 0.1) is 11.4 Å². The molecule has 0 saturated heterocycles. The molecule has 3 aromatic rings. The number of nitrogens with zero attached hydrogens (tertiary/aromatic N) is 5. The van der Waals surface area contributed by atoms with Crippen LogP contribution in [-0.4, -0.2) is 51.4 Å². The average Bonchev–Trinajstić information content (AvgIpc) is 3.24. The van der Waals surface area contributed by atoms with E-state index in [2.05, 4.69) is 44.5 Å². The van der Waals surface area contributed by atoms with Gasteiger partial charge >= 0.3 is 0 Å². The normalized spacial score (nSPS) is 10.9. The number of carbonyl (C=O) groups excluding carboxylic acids is 1. The molecule has 1 N–H and O–H groups in total. The zero-order chi connectivity index (χ0) is 20.4. The third-order valence-corrected chi connectivity index (χ3v) is 5.07. The first kappa shape index (κ1) is 19.7. The van der Waals surface area contributed by atoms with Crippen molar-refractivity contribution in [1.29, 1.82) is 0 Å². The summed E-state index contributed by atoms with van der Waals surface area (Å²) >= 11 is 0. The van der Waals surface area contributed by atoms with Gasteiger partial charge in [-0.2, -0.15) is 10.2 Å². The molecule has 0 aliphatic heterocycles. The van der Waals surface area contributed by atoms with Crippen LogP contribution in [-0.2, 0) is 13.6 Å². The first-order valence-electron chi connectivity index (χ1n) is 9.43. The van der Waals surface area contributed by atoms with Crippen molar-refractivity contribution in [3.05, 3.63) is 53.0 Å². The van der Waals surface area contributed by atoms with E-state index in [1.165, 1.54) is 0 Å². The first-order valence-corrected chi connectivity index (χ1v) is 9.43. The second-order valence-electron chi connectivity index (χ2n) is 7.22. The van der Waals surface area contributed by atoms with E-state index < -0.39 is 0 Å². The van der Waals surface area contributed by atoms with Crippen LogP contribution in [0.3, 0.4) is 0 Å². The van der Waals surface area contributed by atoms with Gasteiger partial charge in [-0.15, -0.1) is 0 Å². The van der Waals surface area contributed by atoms with Crippen molar-refractivity contribution in [3.63, 3.8) is 0 Å². The fraction of sp³-hybridized carbons (Fsp3) is 0.381. The van der Waals surface area contributed by atoms with Crippen LogP contribution in [0, 0.1) is 13.8 Å². The summed E-state index contributed by atoms with van der Waals surface area (Å²) in [5.74, 6) is -0.0582. The fourth-order valence-electron chi connectivity index (χ4n) is 3.32. The minimum atomic E-state index is -0.0582.